The normalized spacial score (nSPS) is 13.8. The first kappa shape index (κ1) is 20.0. The van der Waals surface area contributed by atoms with Gasteiger partial charge in [-0.15, -0.1) is 11.3 Å². The molecule has 0 saturated carbocycles. The van der Waals surface area contributed by atoms with Gasteiger partial charge in [-0.2, -0.15) is 0 Å². The summed E-state index contributed by atoms with van der Waals surface area (Å²) in [7, 11) is 1.45. The van der Waals surface area contributed by atoms with E-state index < -0.39 is 17.8 Å². The van der Waals surface area contributed by atoms with Gasteiger partial charge in [-0.25, -0.2) is 9.37 Å². The van der Waals surface area contributed by atoms with Crippen LogP contribution in [0.1, 0.15) is 27.5 Å². The molecule has 2 aromatic carbocycles. The first-order chi connectivity index (χ1) is 14.6. The van der Waals surface area contributed by atoms with Gasteiger partial charge < -0.3 is 14.4 Å². The second-order valence-electron chi connectivity index (χ2n) is 6.55. The molecule has 3 aromatic rings. The fraction of sp³-hybridized carbons (Fsp3) is 0.190. The Hall–Kier alpha value is -3.30. The molecule has 1 N–H and O–H groups in total. The number of hydrogen-bond donors (Lipinski definition) is 1. The van der Waals surface area contributed by atoms with Crippen LogP contribution < -0.4 is 10.1 Å². The van der Waals surface area contributed by atoms with Crippen LogP contribution in [-0.4, -0.2) is 35.6 Å². The number of amides is 2. The molecular weight excluding hydrogens is 409 g/mol. The van der Waals surface area contributed by atoms with Crippen molar-refractivity contribution in [2.75, 3.05) is 19.2 Å². The minimum atomic E-state index is -1.13. The molecule has 4 rings (SSSR count). The van der Waals surface area contributed by atoms with Crippen molar-refractivity contribution in [1.82, 2.24) is 9.88 Å². The average molecular weight is 427 g/mol. The highest BCUT2D eigenvalue weighted by molar-refractivity contribution is 7.13. The minimum Gasteiger partial charge on any atom is -0.467 e. The van der Waals surface area contributed by atoms with Crippen LogP contribution in [0, 0.1) is 5.82 Å². The fourth-order valence-corrected chi connectivity index (χ4v) is 3.91. The number of halogens is 1. The number of nitrogens with one attached hydrogen (secondary N) is 1. The molecular formula is C21H18FN3O4S. The van der Waals surface area contributed by atoms with E-state index in [1.165, 1.54) is 41.5 Å². The molecule has 154 valence electrons. The van der Waals surface area contributed by atoms with Crippen LogP contribution >= 0.6 is 11.3 Å². The number of ether oxygens (including phenoxy) is 2. The van der Waals surface area contributed by atoms with Crippen molar-refractivity contribution < 1.29 is 23.5 Å². The van der Waals surface area contributed by atoms with E-state index in [1.807, 2.05) is 12.1 Å². The number of carbonyl (C=O) groups is 2. The number of benzene rings is 2. The molecule has 9 heteroatoms. The predicted molar refractivity (Wildman–Crippen MR) is 109 cm³/mol. The summed E-state index contributed by atoms with van der Waals surface area (Å²) in [5.41, 5.74) is 1.54. The Morgan fingerprint density at radius 3 is 2.90 bits per heavy atom. The van der Waals surface area contributed by atoms with Crippen LogP contribution in [0.5, 0.6) is 5.75 Å². The van der Waals surface area contributed by atoms with E-state index in [2.05, 4.69) is 10.3 Å². The second kappa shape index (κ2) is 8.60. The highest BCUT2D eigenvalue weighted by atomic mass is 32.1. The number of rotatable bonds is 7. The molecule has 7 nitrogen and oxygen atoms in total. The van der Waals surface area contributed by atoms with Gasteiger partial charge in [0, 0.05) is 36.4 Å². The van der Waals surface area contributed by atoms with E-state index in [1.54, 1.807) is 23.7 Å². The number of anilines is 1. The number of carbonyl (C=O) groups excluding carboxylic acids is 2. The van der Waals surface area contributed by atoms with E-state index in [0.29, 0.717) is 10.7 Å². The van der Waals surface area contributed by atoms with Crippen LogP contribution in [0.2, 0.25) is 0 Å². The number of aromatic nitrogens is 1. The molecule has 0 spiro atoms. The maximum atomic E-state index is 14.2. The van der Waals surface area contributed by atoms with Crippen molar-refractivity contribution >= 4 is 28.3 Å². The Bertz CT molecular complexity index is 1070. The van der Waals surface area contributed by atoms with Gasteiger partial charge in [0.25, 0.3) is 11.8 Å². The van der Waals surface area contributed by atoms with Crippen molar-refractivity contribution in [2.45, 2.75) is 12.6 Å². The summed E-state index contributed by atoms with van der Waals surface area (Å²) >= 11 is 1.24. The molecule has 0 radical (unpaired) electrons. The number of methoxy groups -OCH3 is 1. The summed E-state index contributed by atoms with van der Waals surface area (Å²) in [5.74, 6) is -1.13. The maximum absolute atomic E-state index is 14.2. The van der Waals surface area contributed by atoms with Gasteiger partial charge in [-0.05, 0) is 29.8 Å². The quantitative estimate of drug-likeness (QED) is 0.583. The Kier molecular flexibility index (Phi) is 5.73. The zero-order chi connectivity index (χ0) is 21.1. The average Bonchev–Trinajstić information content (AvgIpc) is 3.36. The molecule has 2 heterocycles. The van der Waals surface area contributed by atoms with Crippen LogP contribution in [0.3, 0.4) is 0 Å². The number of fused-ring (bicyclic) bond motifs is 1. The van der Waals surface area contributed by atoms with Crippen LogP contribution in [0.25, 0.3) is 0 Å². The van der Waals surface area contributed by atoms with Gasteiger partial charge in [0.2, 0.25) is 0 Å². The molecule has 0 saturated heterocycles. The number of hydrogen-bond acceptors (Lipinski definition) is 6. The summed E-state index contributed by atoms with van der Waals surface area (Å²) in [6.45, 7) is 0.124. The number of nitrogens with zero attached hydrogens (tertiary/aromatic N) is 2. The van der Waals surface area contributed by atoms with E-state index in [4.69, 9.17) is 9.47 Å². The van der Waals surface area contributed by atoms with Crippen molar-refractivity contribution in [2.24, 2.45) is 0 Å². The third-order valence-electron chi connectivity index (χ3n) is 4.67. The molecule has 0 bridgehead atoms. The topological polar surface area (TPSA) is 80.8 Å². The van der Waals surface area contributed by atoms with Gasteiger partial charge in [0.15, 0.2) is 11.9 Å². The first-order valence-electron chi connectivity index (χ1n) is 9.09. The Balaban J connectivity index is 1.76. The summed E-state index contributed by atoms with van der Waals surface area (Å²) in [4.78, 5) is 31.9. The molecule has 1 aliphatic heterocycles. The first-order valence-corrected chi connectivity index (χ1v) is 9.97. The fourth-order valence-electron chi connectivity index (χ4n) is 3.38. The van der Waals surface area contributed by atoms with Gasteiger partial charge in [0.1, 0.15) is 17.6 Å². The van der Waals surface area contributed by atoms with Crippen molar-refractivity contribution in [3.05, 3.63) is 76.5 Å². The molecule has 0 aliphatic carbocycles. The van der Waals surface area contributed by atoms with Crippen molar-refractivity contribution in [1.29, 1.82) is 0 Å². The monoisotopic (exact) mass is 427 g/mol. The van der Waals surface area contributed by atoms with Gasteiger partial charge in [-0.3, -0.25) is 14.9 Å². The second-order valence-corrected chi connectivity index (χ2v) is 7.45. The molecule has 2 amide bonds. The zero-order valence-corrected chi connectivity index (χ0v) is 16.8. The molecule has 1 aromatic heterocycles. The predicted octanol–water partition coefficient (Wildman–Crippen LogP) is 3.60. The standard InChI is InChI=1S/C21H18FN3O4S/c1-28-12-29-17-7-6-14(22)10-16(17)18(19(26)24-21-23-8-9-30-21)25-11-13-4-2-3-5-15(13)20(25)27/h2-10,18H,11-12H2,1H3,(H,23,24,26). The van der Waals surface area contributed by atoms with E-state index >= 15 is 0 Å². The van der Waals surface area contributed by atoms with Crippen molar-refractivity contribution in [3.63, 3.8) is 0 Å². The van der Waals surface area contributed by atoms with Crippen LogP contribution in [-0.2, 0) is 16.1 Å². The van der Waals surface area contributed by atoms with Gasteiger partial charge in [-0.1, -0.05) is 18.2 Å². The zero-order valence-electron chi connectivity index (χ0n) is 16.0. The Labute approximate surface area is 176 Å². The maximum Gasteiger partial charge on any atom is 0.255 e. The number of thiazole rings is 1. The van der Waals surface area contributed by atoms with E-state index in [-0.39, 0.29) is 30.6 Å². The lowest BCUT2D eigenvalue weighted by Crippen LogP contribution is -2.38. The smallest absolute Gasteiger partial charge is 0.255 e. The SMILES string of the molecule is COCOc1ccc(F)cc1C(C(=O)Nc1nccs1)N1Cc2ccccc2C1=O. The summed E-state index contributed by atoms with van der Waals surface area (Å²) in [6, 6.07) is 9.85. The molecule has 1 aliphatic rings. The lowest BCUT2D eigenvalue weighted by molar-refractivity contribution is -0.121. The summed E-state index contributed by atoms with van der Waals surface area (Å²) in [5, 5.41) is 4.81. The van der Waals surface area contributed by atoms with E-state index in [9.17, 15) is 14.0 Å². The largest absolute Gasteiger partial charge is 0.467 e. The van der Waals surface area contributed by atoms with Gasteiger partial charge >= 0.3 is 0 Å². The lowest BCUT2D eigenvalue weighted by atomic mass is 10.0. The van der Waals surface area contributed by atoms with Gasteiger partial charge in [0.05, 0.1) is 0 Å². The molecule has 1 unspecified atom stereocenters. The summed E-state index contributed by atoms with van der Waals surface area (Å²) < 4.78 is 24.7. The van der Waals surface area contributed by atoms with E-state index in [0.717, 1.165) is 5.56 Å². The minimum absolute atomic E-state index is 0.0897. The third kappa shape index (κ3) is 3.89. The van der Waals surface area contributed by atoms with Crippen LogP contribution in [0.4, 0.5) is 9.52 Å². The Morgan fingerprint density at radius 1 is 1.33 bits per heavy atom. The molecule has 30 heavy (non-hydrogen) atoms. The van der Waals surface area contributed by atoms with Crippen molar-refractivity contribution in [3.8, 4) is 5.75 Å². The van der Waals surface area contributed by atoms with Crippen LogP contribution in [0.15, 0.2) is 54.0 Å². The molecule has 1 atom stereocenters. The summed E-state index contributed by atoms with van der Waals surface area (Å²) in [6.07, 6.45) is 1.56. The highest BCUT2D eigenvalue weighted by Crippen LogP contribution is 2.37. The molecule has 0 fully saturated rings. The third-order valence-corrected chi connectivity index (χ3v) is 5.36. The highest BCUT2D eigenvalue weighted by Gasteiger charge is 2.39. The Morgan fingerprint density at radius 2 is 2.17 bits per heavy atom. The lowest BCUT2D eigenvalue weighted by Gasteiger charge is -2.28.